The van der Waals surface area contributed by atoms with Crippen molar-refractivity contribution in [1.82, 2.24) is 39.5 Å². The van der Waals surface area contributed by atoms with Gasteiger partial charge in [-0.05, 0) is 127 Å². The monoisotopic (exact) mass is 1650 g/mol. The Kier molecular flexibility index (Phi) is 46.7. The summed E-state index contributed by atoms with van der Waals surface area (Å²) in [6, 6.07) is -1.07. The van der Waals surface area contributed by atoms with Gasteiger partial charge in [-0.1, -0.05) is 157 Å². The largest absolute Gasteiger partial charge is 0.464 e. The first-order valence-electron chi connectivity index (χ1n) is 41.9. The molecule has 3 aromatic rings. The number of piperidine rings is 2. The lowest BCUT2D eigenvalue weighted by Crippen LogP contribution is -2.50. The number of hydrogen-bond donors (Lipinski definition) is 1. The van der Waals surface area contributed by atoms with Gasteiger partial charge in [-0.25, -0.2) is 29.3 Å². The summed E-state index contributed by atoms with van der Waals surface area (Å²) in [5.41, 5.74) is 0.816. The van der Waals surface area contributed by atoms with E-state index in [4.69, 9.17) is 23.7 Å². The van der Waals surface area contributed by atoms with Crippen LogP contribution in [-0.4, -0.2) is 208 Å². The van der Waals surface area contributed by atoms with E-state index in [1.165, 1.54) is 60.2 Å². The number of aromatic nitrogens is 3. The molecule has 0 spiro atoms. The molecule has 0 radical (unpaired) electrons. The second-order valence-corrected chi connectivity index (χ2v) is 35.4. The third-order valence-electron chi connectivity index (χ3n) is 23.0. The quantitative estimate of drug-likeness (QED) is 0.0312. The van der Waals surface area contributed by atoms with Crippen LogP contribution in [0.25, 0.3) is 0 Å². The third kappa shape index (κ3) is 31.4. The van der Waals surface area contributed by atoms with Crippen LogP contribution in [0.3, 0.4) is 0 Å². The van der Waals surface area contributed by atoms with Crippen LogP contribution < -0.4 is 0 Å². The molecule has 0 aliphatic carbocycles. The number of likely N-dealkylation sites (tertiary alicyclic amines) is 2. The lowest BCUT2D eigenvalue weighted by molar-refractivity contribution is -0.161. The fourth-order valence-electron chi connectivity index (χ4n) is 15.0. The Morgan fingerprint density at radius 1 is 0.447 bits per heavy atom. The number of methoxy groups -OCH3 is 3. The topological polar surface area (TPSA) is 309 Å². The first-order chi connectivity index (χ1) is 54.0. The highest BCUT2D eigenvalue weighted by atomic mass is 32.1. The Balaban J connectivity index is 0.000000447. The second-order valence-electron chi connectivity index (χ2n) is 32.7. The Labute approximate surface area is 693 Å². The Bertz CT molecular complexity index is 3310. The highest BCUT2D eigenvalue weighted by Crippen LogP contribution is 2.37. The summed E-state index contributed by atoms with van der Waals surface area (Å²) >= 11 is 4.17. The number of nitrogens with zero attached hydrogens (tertiary/aromatic N) is 8. The minimum absolute atomic E-state index is 0.0130. The van der Waals surface area contributed by atoms with Crippen molar-refractivity contribution < 1.29 is 81.5 Å². The number of rotatable bonds is 46. The smallest absolute Gasteiger partial charge is 0.357 e. The fraction of sp³-hybridized carbons (Fsp3) is 0.767. The average Bonchev–Trinajstić information content (AvgIpc) is 1.14. The molecule has 1 N–H and O–H groups in total. The second kappa shape index (κ2) is 52.4. The van der Waals surface area contributed by atoms with E-state index in [-0.39, 0.29) is 193 Å². The summed E-state index contributed by atoms with van der Waals surface area (Å²) in [7, 11) is 7.95. The minimum atomic E-state index is -0.505. The number of carbonyl (C=O) groups is 11. The minimum Gasteiger partial charge on any atom is -0.464 e. The maximum atomic E-state index is 14.4. The van der Waals surface area contributed by atoms with Gasteiger partial charge in [0.15, 0.2) is 42.1 Å². The van der Waals surface area contributed by atoms with Crippen molar-refractivity contribution in [2.75, 3.05) is 68.7 Å². The number of thiazole rings is 3. The van der Waals surface area contributed by atoms with Gasteiger partial charge in [0.25, 0.3) is 0 Å². The predicted molar refractivity (Wildman–Crippen MR) is 448 cm³/mol. The highest BCUT2D eigenvalue weighted by molar-refractivity contribution is 7.10. The van der Waals surface area contributed by atoms with Gasteiger partial charge < -0.3 is 43.5 Å². The van der Waals surface area contributed by atoms with Gasteiger partial charge in [-0.3, -0.25) is 48.2 Å². The molecule has 2 aliphatic rings. The van der Waals surface area contributed by atoms with E-state index >= 15 is 0 Å². The third-order valence-corrected chi connectivity index (χ3v) is 26.2. The van der Waals surface area contributed by atoms with Gasteiger partial charge in [-0.15, -0.1) is 34.0 Å². The summed E-state index contributed by atoms with van der Waals surface area (Å²) < 4.78 is 25.6. The van der Waals surface area contributed by atoms with Crippen molar-refractivity contribution in [2.45, 2.75) is 307 Å². The van der Waals surface area contributed by atoms with Crippen LogP contribution in [0.1, 0.15) is 324 Å². The lowest BCUT2D eigenvalue weighted by atomic mass is 9.82. The SMILES string of the molecule is CCCC(=O)C[C@H](C(=O)N(CO)[C@H](C[C@@H](C)c1nc(C(=O)OC)cs1)C(C)C)[C@@H](C)CC.CCCC(=O)OCN(C(=O)[C@@H](CC(=O)C1CCCCN1C)[C@@H](C)CC)[C@H](C[C@@H](C)c1nc(C(=O)OC)cs1)C(C)C.CCCC(=O)OCN(C(=O)[C@@H](CC(=O)[C@@H]1CCCCN1C)[C@@H](C)CC)[C@H](C[C@@H](C)c1nc(C(=O)OC)cs1)C(C)C. The van der Waals surface area contributed by atoms with Crippen molar-refractivity contribution in [3.63, 3.8) is 0 Å². The zero-order valence-electron chi connectivity index (χ0n) is 73.2. The van der Waals surface area contributed by atoms with Gasteiger partial charge in [-0.2, -0.15) is 0 Å². The van der Waals surface area contributed by atoms with Gasteiger partial charge in [0, 0.05) is 108 Å². The van der Waals surface area contributed by atoms with Crippen LogP contribution in [0.2, 0.25) is 0 Å². The predicted octanol–water partition coefficient (Wildman–Crippen LogP) is 16.0. The first-order valence-corrected chi connectivity index (χ1v) is 44.6. The van der Waals surface area contributed by atoms with Gasteiger partial charge in [0.05, 0.1) is 48.4 Å². The summed E-state index contributed by atoms with van der Waals surface area (Å²) in [4.78, 5) is 165. The molecule has 114 heavy (non-hydrogen) atoms. The van der Waals surface area contributed by atoms with E-state index in [1.807, 2.05) is 139 Å². The number of Topliss-reactive ketones (excluding diaryl/α,β-unsaturated/α-hetero) is 3. The van der Waals surface area contributed by atoms with Crippen LogP contribution in [-0.2, 0) is 62.0 Å². The number of aliphatic hydroxyl groups is 1. The summed E-state index contributed by atoms with van der Waals surface area (Å²) in [5, 5.41) is 17.6. The number of aliphatic hydroxyl groups excluding tert-OH is 1. The molecule has 3 amide bonds. The number of ether oxygens (including phenoxy) is 5. The molecule has 0 bridgehead atoms. The summed E-state index contributed by atoms with van der Waals surface area (Å²) in [5.74, 6) is -3.63. The van der Waals surface area contributed by atoms with E-state index in [9.17, 15) is 57.8 Å². The maximum absolute atomic E-state index is 14.4. The van der Waals surface area contributed by atoms with Crippen molar-refractivity contribution in [3.8, 4) is 0 Å². The zero-order chi connectivity index (χ0) is 85.8. The van der Waals surface area contributed by atoms with E-state index in [0.717, 1.165) is 92.3 Å². The summed E-state index contributed by atoms with van der Waals surface area (Å²) in [6.45, 7) is 37.3. The van der Waals surface area contributed by atoms with Crippen molar-refractivity contribution in [1.29, 1.82) is 0 Å². The van der Waals surface area contributed by atoms with Crippen molar-refractivity contribution in [3.05, 3.63) is 48.2 Å². The lowest BCUT2D eigenvalue weighted by Gasteiger charge is -2.39. The van der Waals surface area contributed by atoms with Crippen LogP contribution in [0.15, 0.2) is 16.1 Å². The number of esters is 5. The molecular formula is C86H142N8O17S3. The molecule has 5 heterocycles. The van der Waals surface area contributed by atoms with Crippen LogP contribution in [0.4, 0.5) is 0 Å². The first kappa shape index (κ1) is 102. The number of hydrogen-bond acceptors (Lipinski definition) is 25. The molecule has 646 valence electrons. The maximum Gasteiger partial charge on any atom is 0.357 e. The number of amides is 3. The van der Waals surface area contributed by atoms with Crippen LogP contribution in [0, 0.1) is 53.3 Å². The molecule has 2 aliphatic heterocycles. The molecule has 0 aromatic carbocycles. The molecule has 28 heteroatoms. The molecule has 2 fully saturated rings. The summed E-state index contributed by atoms with van der Waals surface area (Å²) in [6.07, 6.45) is 13.5. The molecule has 3 aromatic heterocycles. The number of likely N-dealkylation sites (N-methyl/N-ethyl adjacent to an activating group) is 2. The van der Waals surface area contributed by atoms with Gasteiger partial charge >= 0.3 is 29.8 Å². The van der Waals surface area contributed by atoms with E-state index in [1.54, 1.807) is 25.9 Å². The Hall–Kier alpha value is -6.46. The number of ketones is 3. The van der Waals surface area contributed by atoms with Crippen molar-refractivity contribution >= 4 is 98.9 Å². The molecule has 0 saturated carbocycles. The molecule has 2 saturated heterocycles. The molecule has 1 unspecified atom stereocenters. The normalized spacial score (nSPS) is 17.8. The molecule has 5 rings (SSSR count). The van der Waals surface area contributed by atoms with Crippen LogP contribution in [0.5, 0.6) is 0 Å². The molecular weight excluding hydrogens is 1510 g/mol. The zero-order valence-corrected chi connectivity index (χ0v) is 75.7. The Morgan fingerprint density at radius 2 is 0.746 bits per heavy atom. The highest BCUT2D eigenvalue weighted by Gasteiger charge is 2.42. The van der Waals surface area contributed by atoms with Crippen LogP contribution >= 0.6 is 34.0 Å². The average molecular weight is 1660 g/mol. The number of carbonyl (C=O) groups excluding carboxylic acids is 11. The van der Waals surface area contributed by atoms with Gasteiger partial charge in [0.2, 0.25) is 17.7 Å². The Morgan fingerprint density at radius 3 is 1.02 bits per heavy atom. The molecule has 14 atom stereocenters. The fourth-order valence-corrected chi connectivity index (χ4v) is 17.6. The van der Waals surface area contributed by atoms with Gasteiger partial charge in [0.1, 0.15) is 12.5 Å². The van der Waals surface area contributed by atoms with E-state index in [2.05, 4.69) is 24.8 Å². The van der Waals surface area contributed by atoms with E-state index < -0.39 is 42.4 Å². The van der Waals surface area contributed by atoms with Crippen molar-refractivity contribution in [2.24, 2.45) is 53.3 Å². The molecule has 25 nitrogen and oxygen atoms in total. The van der Waals surface area contributed by atoms with E-state index in [0.29, 0.717) is 38.5 Å². The standard InChI is InChI=1S/2C31H51N3O6S.C24H40N2O5S/c2*1-9-13-28(36)40-19-34(26(20(3)4)16-22(6)29-32-24(18-41-29)31(38)39-8)30(37)23(21(5)10-2)17-27(35)25-14-11-12-15-33(25)7;1-8-10-18(28)12-19(16(5)9-2)23(29)26(14-27)21(15(3)4)11-17(6)22-25-20(13-32-22)24(30)31-7/h2*18,20-23,25-26H,9-17,19H2,1-8H3;13,15-17,19,21,27H,8-12,14H2,1-7H3/t21-,22+,23-,25?,26+;21-,22+,23-,25-,26+;16-,17+,19-,21+/m000/s1.